The van der Waals surface area contributed by atoms with E-state index < -0.39 is 12.1 Å². The molecule has 1 heterocycles. The van der Waals surface area contributed by atoms with Gasteiger partial charge in [0.1, 0.15) is 17.8 Å². The highest BCUT2D eigenvalue weighted by atomic mass is 16.6. The molecule has 1 aromatic rings. The first-order valence-electron chi connectivity index (χ1n) is 5.88. The quantitative estimate of drug-likeness (QED) is 0.609. The number of esters is 1. The second kappa shape index (κ2) is 5.56. The van der Waals surface area contributed by atoms with Crippen LogP contribution in [0.2, 0.25) is 0 Å². The molecular formula is C14H14O5. The van der Waals surface area contributed by atoms with Gasteiger partial charge in [-0.25, -0.2) is 4.79 Å². The topological polar surface area (TPSA) is 61.8 Å². The number of aldehydes is 1. The van der Waals surface area contributed by atoms with E-state index in [0.29, 0.717) is 23.3 Å². The highest BCUT2D eigenvalue weighted by molar-refractivity contribution is 5.96. The van der Waals surface area contributed by atoms with Crippen LogP contribution in [0.5, 0.6) is 11.5 Å². The summed E-state index contributed by atoms with van der Waals surface area (Å²) in [5, 5.41) is 0. The lowest BCUT2D eigenvalue weighted by molar-refractivity contribution is -0.150. The number of rotatable bonds is 4. The Morgan fingerprint density at radius 1 is 1.47 bits per heavy atom. The van der Waals surface area contributed by atoms with Gasteiger partial charge in [0.15, 0.2) is 0 Å². The Kier molecular flexibility index (Phi) is 3.85. The summed E-state index contributed by atoms with van der Waals surface area (Å²) < 4.78 is 15.6. The van der Waals surface area contributed by atoms with Gasteiger partial charge in [-0.3, -0.25) is 4.79 Å². The van der Waals surface area contributed by atoms with E-state index in [1.165, 1.54) is 7.11 Å². The fraction of sp³-hybridized carbons (Fsp3) is 0.286. The molecule has 19 heavy (non-hydrogen) atoms. The van der Waals surface area contributed by atoms with Crippen molar-refractivity contribution in [2.24, 2.45) is 0 Å². The zero-order valence-electron chi connectivity index (χ0n) is 10.7. The second-order valence-electron chi connectivity index (χ2n) is 3.88. The van der Waals surface area contributed by atoms with Gasteiger partial charge < -0.3 is 14.2 Å². The molecule has 100 valence electrons. The van der Waals surface area contributed by atoms with Gasteiger partial charge in [-0.1, -0.05) is 6.07 Å². The smallest absolute Gasteiger partial charge is 0.352 e. The van der Waals surface area contributed by atoms with E-state index in [4.69, 9.17) is 14.2 Å². The molecule has 0 radical (unpaired) electrons. The van der Waals surface area contributed by atoms with Gasteiger partial charge in [0.05, 0.1) is 19.3 Å². The minimum atomic E-state index is -1.02. The van der Waals surface area contributed by atoms with E-state index in [0.717, 1.165) is 0 Å². The fourth-order valence-electron chi connectivity index (χ4n) is 1.88. The molecule has 0 amide bonds. The van der Waals surface area contributed by atoms with Gasteiger partial charge in [0, 0.05) is 5.57 Å². The molecule has 0 fully saturated rings. The van der Waals surface area contributed by atoms with Gasteiger partial charge in [-0.2, -0.15) is 0 Å². The van der Waals surface area contributed by atoms with Crippen LogP contribution in [0.3, 0.4) is 0 Å². The summed E-state index contributed by atoms with van der Waals surface area (Å²) in [5.74, 6) is 0.497. The first-order valence-corrected chi connectivity index (χ1v) is 5.88. The standard InChI is InChI=1S/C14H14O5/c1-3-18-14(16)13-9(8-15)7-10-11(17-2)5-4-6-12(10)19-13/h4-8,13H,3H2,1-2H3/t13-/m1/s1. The van der Waals surface area contributed by atoms with Crippen LogP contribution < -0.4 is 9.47 Å². The number of hydrogen-bond acceptors (Lipinski definition) is 5. The number of carbonyl (C=O) groups excluding carboxylic acids is 2. The highest BCUT2D eigenvalue weighted by Crippen LogP contribution is 2.35. The van der Waals surface area contributed by atoms with E-state index in [2.05, 4.69) is 0 Å². The largest absolute Gasteiger partial charge is 0.496 e. The van der Waals surface area contributed by atoms with Crippen molar-refractivity contribution in [3.05, 3.63) is 29.3 Å². The number of fused-ring (bicyclic) bond motifs is 1. The van der Waals surface area contributed by atoms with E-state index in [-0.39, 0.29) is 12.2 Å². The first kappa shape index (κ1) is 13.1. The molecule has 0 aromatic heterocycles. The number of ether oxygens (including phenoxy) is 3. The minimum Gasteiger partial charge on any atom is -0.496 e. The summed E-state index contributed by atoms with van der Waals surface area (Å²) in [6, 6.07) is 5.22. The SMILES string of the molecule is CCOC(=O)[C@@H]1Oc2cccc(OC)c2C=C1C=O. The van der Waals surface area contributed by atoms with Crippen LogP contribution in [0, 0.1) is 0 Å². The van der Waals surface area contributed by atoms with Crippen LogP contribution in [-0.2, 0) is 14.3 Å². The molecule has 1 aliphatic heterocycles. The average Bonchev–Trinajstić information content (AvgIpc) is 2.45. The van der Waals surface area contributed by atoms with E-state index in [9.17, 15) is 9.59 Å². The molecule has 0 saturated heterocycles. The van der Waals surface area contributed by atoms with Gasteiger partial charge >= 0.3 is 5.97 Å². The highest BCUT2D eigenvalue weighted by Gasteiger charge is 2.31. The molecule has 0 spiro atoms. The molecule has 0 bridgehead atoms. The summed E-state index contributed by atoms with van der Waals surface area (Å²) in [4.78, 5) is 22.8. The Balaban J connectivity index is 2.42. The van der Waals surface area contributed by atoms with Crippen molar-refractivity contribution in [3.63, 3.8) is 0 Å². The average molecular weight is 262 g/mol. The molecule has 2 rings (SSSR count). The van der Waals surface area contributed by atoms with Crippen LogP contribution >= 0.6 is 0 Å². The van der Waals surface area contributed by atoms with Gasteiger partial charge in [-0.15, -0.1) is 0 Å². The summed E-state index contributed by atoms with van der Waals surface area (Å²) in [6.07, 6.45) is 1.17. The molecule has 0 unspecified atom stereocenters. The van der Waals surface area contributed by atoms with Crippen molar-refractivity contribution in [1.82, 2.24) is 0 Å². The number of benzene rings is 1. The third-order valence-electron chi connectivity index (χ3n) is 2.74. The molecule has 0 saturated carbocycles. The first-order chi connectivity index (χ1) is 9.21. The zero-order valence-corrected chi connectivity index (χ0v) is 10.7. The van der Waals surface area contributed by atoms with Gasteiger partial charge in [-0.05, 0) is 25.1 Å². The molecular weight excluding hydrogens is 248 g/mol. The number of carbonyl (C=O) groups is 2. The Labute approximate surface area is 110 Å². The fourth-order valence-corrected chi connectivity index (χ4v) is 1.88. The Morgan fingerprint density at radius 3 is 2.89 bits per heavy atom. The van der Waals surface area contributed by atoms with Crippen molar-refractivity contribution in [3.8, 4) is 11.5 Å². The van der Waals surface area contributed by atoms with Crippen LogP contribution in [0.1, 0.15) is 12.5 Å². The van der Waals surface area contributed by atoms with E-state index >= 15 is 0 Å². The van der Waals surface area contributed by atoms with Crippen molar-refractivity contribution >= 4 is 18.3 Å². The summed E-state index contributed by atoms with van der Waals surface area (Å²) in [5.41, 5.74) is 0.864. The van der Waals surface area contributed by atoms with Crippen molar-refractivity contribution in [1.29, 1.82) is 0 Å². The summed E-state index contributed by atoms with van der Waals surface area (Å²) >= 11 is 0. The van der Waals surface area contributed by atoms with Crippen LogP contribution in [0.4, 0.5) is 0 Å². The molecule has 1 aliphatic rings. The van der Waals surface area contributed by atoms with E-state index in [1.54, 1.807) is 31.2 Å². The van der Waals surface area contributed by atoms with E-state index in [1.807, 2.05) is 0 Å². The van der Waals surface area contributed by atoms with Gasteiger partial charge in [0.2, 0.25) is 6.10 Å². The minimum absolute atomic E-state index is 0.218. The summed E-state index contributed by atoms with van der Waals surface area (Å²) in [6.45, 7) is 1.93. The predicted molar refractivity (Wildman–Crippen MR) is 68.1 cm³/mol. The molecule has 0 aliphatic carbocycles. The lowest BCUT2D eigenvalue weighted by Gasteiger charge is -2.24. The lowest BCUT2D eigenvalue weighted by Crippen LogP contribution is -2.34. The molecule has 1 atom stereocenters. The number of methoxy groups -OCH3 is 1. The van der Waals surface area contributed by atoms with Gasteiger partial charge in [0.25, 0.3) is 0 Å². The predicted octanol–water partition coefficient (Wildman–Crippen LogP) is 1.60. The maximum Gasteiger partial charge on any atom is 0.352 e. The molecule has 1 aromatic carbocycles. The van der Waals surface area contributed by atoms with Crippen molar-refractivity contribution in [2.75, 3.05) is 13.7 Å². The molecule has 0 N–H and O–H groups in total. The number of hydrogen-bond donors (Lipinski definition) is 0. The molecule has 5 heteroatoms. The van der Waals surface area contributed by atoms with Crippen LogP contribution in [-0.4, -0.2) is 32.1 Å². The van der Waals surface area contributed by atoms with Crippen LogP contribution in [0.15, 0.2) is 23.8 Å². The lowest BCUT2D eigenvalue weighted by atomic mass is 10.0. The maximum atomic E-state index is 11.8. The Hall–Kier alpha value is -2.30. The van der Waals surface area contributed by atoms with Crippen molar-refractivity contribution < 1.29 is 23.8 Å². The Morgan fingerprint density at radius 2 is 2.26 bits per heavy atom. The second-order valence-corrected chi connectivity index (χ2v) is 3.88. The third-order valence-corrected chi connectivity index (χ3v) is 2.74. The third kappa shape index (κ3) is 2.45. The van der Waals surface area contributed by atoms with Crippen molar-refractivity contribution in [2.45, 2.75) is 13.0 Å². The maximum absolute atomic E-state index is 11.8. The summed E-state index contributed by atoms with van der Waals surface area (Å²) in [7, 11) is 1.53. The Bertz CT molecular complexity index is 533. The normalized spacial score (nSPS) is 16.7. The molecule has 5 nitrogen and oxygen atoms in total. The van der Waals surface area contributed by atoms with Crippen LogP contribution in [0.25, 0.3) is 6.08 Å². The zero-order chi connectivity index (χ0) is 13.8. The monoisotopic (exact) mass is 262 g/mol.